The molecule has 0 aliphatic rings. The Bertz CT molecular complexity index is 639. The van der Waals surface area contributed by atoms with Crippen LogP contribution in [0.2, 0.25) is 0 Å². The largest absolute Gasteiger partial charge is 0.497 e. The smallest absolute Gasteiger partial charge is 0.408 e. The Morgan fingerprint density at radius 3 is 2.22 bits per heavy atom. The van der Waals surface area contributed by atoms with Gasteiger partial charge in [0.2, 0.25) is 0 Å². The second kappa shape index (κ2) is 7.17. The molecule has 0 radical (unpaired) electrons. The fourth-order valence-electron chi connectivity index (χ4n) is 2.08. The lowest BCUT2D eigenvalue weighted by molar-refractivity contribution is -0.153. The summed E-state index contributed by atoms with van der Waals surface area (Å²) < 4.78 is 44.5. The first-order valence-corrected chi connectivity index (χ1v) is 6.95. The van der Waals surface area contributed by atoms with Crippen molar-refractivity contribution in [3.63, 3.8) is 0 Å². The summed E-state index contributed by atoms with van der Waals surface area (Å²) in [6.45, 7) is 0. The van der Waals surface area contributed by atoms with Crippen molar-refractivity contribution in [3.05, 3.63) is 65.7 Å². The molecule has 0 heterocycles. The maximum absolute atomic E-state index is 13.2. The zero-order valence-corrected chi connectivity index (χ0v) is 12.4. The molecule has 122 valence electrons. The molecule has 0 aromatic heterocycles. The van der Waals surface area contributed by atoms with Gasteiger partial charge in [0.1, 0.15) is 11.8 Å². The molecular formula is C17H16F3NO2. The van der Waals surface area contributed by atoms with Crippen LogP contribution in [0.5, 0.6) is 5.75 Å². The SMILES string of the molecule is COc1ccc(C[C@H](NC(=O)c2ccccc2)C(F)(F)F)cc1. The van der Waals surface area contributed by atoms with Crippen molar-refractivity contribution in [2.45, 2.75) is 18.6 Å². The van der Waals surface area contributed by atoms with Crippen molar-refractivity contribution in [1.29, 1.82) is 0 Å². The third-order valence-corrected chi connectivity index (χ3v) is 3.34. The fourth-order valence-corrected chi connectivity index (χ4v) is 2.08. The number of methoxy groups -OCH3 is 1. The van der Waals surface area contributed by atoms with Crippen LogP contribution < -0.4 is 10.1 Å². The van der Waals surface area contributed by atoms with Crippen molar-refractivity contribution in [1.82, 2.24) is 5.32 Å². The summed E-state index contributed by atoms with van der Waals surface area (Å²) in [5.41, 5.74) is 0.651. The van der Waals surface area contributed by atoms with Crippen LogP contribution in [0.25, 0.3) is 0 Å². The Morgan fingerprint density at radius 2 is 1.70 bits per heavy atom. The van der Waals surface area contributed by atoms with Crippen LogP contribution >= 0.6 is 0 Å². The fraction of sp³-hybridized carbons (Fsp3) is 0.235. The summed E-state index contributed by atoms with van der Waals surface area (Å²) in [7, 11) is 1.48. The molecule has 2 rings (SSSR count). The normalized spacial score (nSPS) is 12.5. The first-order chi connectivity index (χ1) is 10.9. The van der Waals surface area contributed by atoms with Crippen molar-refractivity contribution < 1.29 is 22.7 Å². The molecule has 0 bridgehead atoms. The average molecular weight is 323 g/mol. The Kier molecular flexibility index (Phi) is 5.26. The van der Waals surface area contributed by atoms with Gasteiger partial charge in [0.15, 0.2) is 0 Å². The van der Waals surface area contributed by atoms with E-state index in [1.807, 2.05) is 0 Å². The topological polar surface area (TPSA) is 38.3 Å². The van der Waals surface area contributed by atoms with Gasteiger partial charge in [-0.05, 0) is 29.8 Å². The van der Waals surface area contributed by atoms with E-state index in [0.29, 0.717) is 11.3 Å². The molecule has 1 N–H and O–H groups in total. The molecule has 23 heavy (non-hydrogen) atoms. The van der Waals surface area contributed by atoms with Crippen LogP contribution in [-0.2, 0) is 6.42 Å². The Morgan fingerprint density at radius 1 is 1.09 bits per heavy atom. The summed E-state index contributed by atoms with van der Waals surface area (Å²) in [5, 5.41) is 2.06. The minimum absolute atomic E-state index is 0.191. The summed E-state index contributed by atoms with van der Waals surface area (Å²) >= 11 is 0. The molecule has 6 heteroatoms. The number of rotatable bonds is 5. The first-order valence-electron chi connectivity index (χ1n) is 6.95. The molecule has 2 aromatic carbocycles. The predicted octanol–water partition coefficient (Wildman–Crippen LogP) is 3.60. The molecule has 0 fully saturated rings. The molecule has 0 aliphatic heterocycles. The molecule has 1 atom stereocenters. The lowest BCUT2D eigenvalue weighted by Crippen LogP contribution is -2.46. The van der Waals surface area contributed by atoms with E-state index in [4.69, 9.17) is 4.74 Å². The third kappa shape index (κ3) is 4.74. The number of alkyl halides is 3. The Hall–Kier alpha value is -2.50. The van der Waals surface area contributed by atoms with Crippen LogP contribution in [0.4, 0.5) is 13.2 Å². The van der Waals surface area contributed by atoms with E-state index >= 15 is 0 Å². The number of halogens is 3. The Balaban J connectivity index is 2.12. The van der Waals surface area contributed by atoms with Gasteiger partial charge in [0.25, 0.3) is 5.91 Å². The standard InChI is InChI=1S/C17H16F3NO2/c1-23-14-9-7-12(8-10-14)11-15(17(18,19)20)21-16(22)13-5-3-2-4-6-13/h2-10,15H,11H2,1H3,(H,21,22)/t15-/m0/s1. The van der Waals surface area contributed by atoms with Crippen molar-refractivity contribution in [3.8, 4) is 5.75 Å². The first kappa shape index (κ1) is 16.9. The maximum atomic E-state index is 13.2. The number of ether oxygens (including phenoxy) is 1. The monoisotopic (exact) mass is 323 g/mol. The number of hydrogen-bond acceptors (Lipinski definition) is 2. The zero-order valence-electron chi connectivity index (χ0n) is 12.4. The second-order valence-electron chi connectivity index (χ2n) is 4.99. The van der Waals surface area contributed by atoms with Crippen LogP contribution in [-0.4, -0.2) is 25.2 Å². The van der Waals surface area contributed by atoms with E-state index in [0.717, 1.165) is 0 Å². The van der Waals surface area contributed by atoms with Gasteiger partial charge in [-0.25, -0.2) is 0 Å². The summed E-state index contributed by atoms with van der Waals surface area (Å²) in [4.78, 5) is 12.0. The number of benzene rings is 2. The van der Waals surface area contributed by atoms with Gasteiger partial charge in [-0.3, -0.25) is 4.79 Å². The van der Waals surface area contributed by atoms with E-state index in [2.05, 4.69) is 5.32 Å². The number of nitrogens with one attached hydrogen (secondary N) is 1. The highest BCUT2D eigenvalue weighted by Gasteiger charge is 2.40. The summed E-state index contributed by atoms with van der Waals surface area (Å²) in [6, 6.07) is 12.1. The molecule has 2 aromatic rings. The van der Waals surface area contributed by atoms with Crippen molar-refractivity contribution in [2.75, 3.05) is 7.11 Å². The highest BCUT2D eigenvalue weighted by Crippen LogP contribution is 2.24. The van der Waals surface area contributed by atoms with E-state index in [-0.39, 0.29) is 12.0 Å². The van der Waals surface area contributed by atoms with Gasteiger partial charge in [-0.1, -0.05) is 30.3 Å². The lowest BCUT2D eigenvalue weighted by atomic mass is 10.0. The van der Waals surface area contributed by atoms with Crippen molar-refractivity contribution in [2.24, 2.45) is 0 Å². The Labute approximate surface area is 132 Å². The predicted molar refractivity (Wildman–Crippen MR) is 80.4 cm³/mol. The molecule has 0 unspecified atom stereocenters. The second-order valence-corrected chi connectivity index (χ2v) is 4.99. The van der Waals surface area contributed by atoms with Gasteiger partial charge in [-0.2, -0.15) is 13.2 Å². The number of hydrogen-bond donors (Lipinski definition) is 1. The third-order valence-electron chi connectivity index (χ3n) is 3.34. The van der Waals surface area contributed by atoms with Gasteiger partial charge in [0.05, 0.1) is 7.11 Å². The molecular weight excluding hydrogens is 307 g/mol. The molecule has 0 saturated carbocycles. The number of amides is 1. The van der Waals surface area contributed by atoms with Gasteiger partial charge in [0, 0.05) is 12.0 Å². The van der Waals surface area contributed by atoms with Crippen LogP contribution in [0, 0.1) is 0 Å². The molecule has 0 spiro atoms. The summed E-state index contributed by atoms with van der Waals surface area (Å²) in [5.74, 6) is -0.188. The lowest BCUT2D eigenvalue weighted by Gasteiger charge is -2.22. The van der Waals surface area contributed by atoms with Gasteiger partial charge in [-0.15, -0.1) is 0 Å². The molecule has 0 aliphatic carbocycles. The van der Waals surface area contributed by atoms with Gasteiger partial charge >= 0.3 is 6.18 Å². The van der Waals surface area contributed by atoms with E-state index in [9.17, 15) is 18.0 Å². The van der Waals surface area contributed by atoms with Gasteiger partial charge < -0.3 is 10.1 Å². The van der Waals surface area contributed by atoms with Crippen LogP contribution in [0.3, 0.4) is 0 Å². The molecule has 0 saturated heterocycles. The average Bonchev–Trinajstić information content (AvgIpc) is 2.54. The molecule has 1 amide bonds. The highest BCUT2D eigenvalue weighted by atomic mass is 19.4. The minimum atomic E-state index is -4.54. The zero-order chi connectivity index (χ0) is 16.9. The van der Waals surface area contributed by atoms with Crippen LogP contribution in [0.1, 0.15) is 15.9 Å². The van der Waals surface area contributed by atoms with E-state index < -0.39 is 18.1 Å². The van der Waals surface area contributed by atoms with Crippen molar-refractivity contribution >= 4 is 5.91 Å². The number of carbonyl (C=O) groups is 1. The summed E-state index contributed by atoms with van der Waals surface area (Å²) in [6.07, 6.45) is -4.88. The van der Waals surface area contributed by atoms with Crippen LogP contribution in [0.15, 0.2) is 54.6 Å². The quantitative estimate of drug-likeness (QED) is 0.913. The highest BCUT2D eigenvalue weighted by molar-refractivity contribution is 5.94. The van der Waals surface area contributed by atoms with E-state index in [1.165, 1.54) is 19.2 Å². The maximum Gasteiger partial charge on any atom is 0.408 e. The minimum Gasteiger partial charge on any atom is -0.497 e. The van der Waals surface area contributed by atoms with E-state index in [1.54, 1.807) is 42.5 Å². The molecule has 3 nitrogen and oxygen atoms in total. The number of carbonyl (C=O) groups excluding carboxylic acids is 1.